The number of carbonyl (C=O) groups excluding carboxylic acids is 1. The van der Waals surface area contributed by atoms with Crippen molar-refractivity contribution < 1.29 is 14.3 Å². The number of hydrogen-bond donors (Lipinski definition) is 0. The van der Waals surface area contributed by atoms with Crippen LogP contribution in [0, 0.1) is 0 Å². The van der Waals surface area contributed by atoms with Gasteiger partial charge < -0.3 is 14.4 Å². The second-order valence-corrected chi connectivity index (χ2v) is 6.91. The number of anilines is 1. The number of rotatable bonds is 6. The molecule has 0 N–H and O–H groups in total. The first kappa shape index (κ1) is 20.0. The highest BCUT2D eigenvalue weighted by atomic mass is 16.5. The highest BCUT2D eigenvalue weighted by Gasteiger charge is 2.27. The molecule has 0 aliphatic carbocycles. The van der Waals surface area contributed by atoms with Crippen LogP contribution in [-0.2, 0) is 15.9 Å². The van der Waals surface area contributed by atoms with Gasteiger partial charge in [0, 0.05) is 37.5 Å². The maximum absolute atomic E-state index is 13.0. The molecule has 3 heterocycles. The van der Waals surface area contributed by atoms with E-state index in [4.69, 9.17) is 19.4 Å². The standard InChI is InChI=1S/C23H24N4O3/c1-2-30-23(28)20-19(16-17-6-4-3-5-7-17)25-21(18-8-10-24-11-9-18)26-22(20)27-12-14-29-15-13-27/h3-11H,2,12-16H2,1H3. The van der Waals surface area contributed by atoms with Crippen LogP contribution < -0.4 is 4.90 Å². The van der Waals surface area contributed by atoms with E-state index in [2.05, 4.69) is 9.88 Å². The van der Waals surface area contributed by atoms with Crippen LogP contribution in [0.1, 0.15) is 28.5 Å². The van der Waals surface area contributed by atoms with Crippen LogP contribution in [0.2, 0.25) is 0 Å². The fourth-order valence-electron chi connectivity index (χ4n) is 3.46. The summed E-state index contributed by atoms with van der Waals surface area (Å²) in [6.07, 6.45) is 3.93. The molecule has 2 aromatic heterocycles. The first-order chi connectivity index (χ1) is 14.8. The zero-order valence-electron chi connectivity index (χ0n) is 17.0. The van der Waals surface area contributed by atoms with Gasteiger partial charge in [0.2, 0.25) is 0 Å². The number of pyridine rings is 1. The summed E-state index contributed by atoms with van der Waals surface area (Å²) in [6, 6.07) is 13.7. The van der Waals surface area contributed by atoms with Crippen LogP contribution in [-0.4, -0.2) is 53.8 Å². The topological polar surface area (TPSA) is 77.4 Å². The molecular formula is C23H24N4O3. The van der Waals surface area contributed by atoms with Crippen LogP contribution >= 0.6 is 0 Å². The smallest absolute Gasteiger partial charge is 0.343 e. The van der Waals surface area contributed by atoms with Gasteiger partial charge in [0.1, 0.15) is 11.4 Å². The molecule has 1 fully saturated rings. The number of aromatic nitrogens is 3. The Kier molecular flexibility index (Phi) is 6.29. The highest BCUT2D eigenvalue weighted by Crippen LogP contribution is 2.28. The van der Waals surface area contributed by atoms with E-state index >= 15 is 0 Å². The molecule has 0 atom stereocenters. The zero-order chi connectivity index (χ0) is 20.8. The molecule has 1 aromatic carbocycles. The van der Waals surface area contributed by atoms with Crippen LogP contribution in [0.4, 0.5) is 5.82 Å². The molecular weight excluding hydrogens is 380 g/mol. The van der Waals surface area contributed by atoms with Crippen LogP contribution in [0.15, 0.2) is 54.9 Å². The Morgan fingerprint density at radius 2 is 1.80 bits per heavy atom. The molecule has 4 rings (SSSR count). The molecule has 7 nitrogen and oxygen atoms in total. The Bertz CT molecular complexity index is 990. The number of esters is 1. The maximum Gasteiger partial charge on any atom is 0.343 e. The van der Waals surface area contributed by atoms with Gasteiger partial charge in [0.25, 0.3) is 0 Å². The van der Waals surface area contributed by atoms with E-state index in [-0.39, 0.29) is 6.61 Å². The van der Waals surface area contributed by atoms with Gasteiger partial charge >= 0.3 is 5.97 Å². The van der Waals surface area contributed by atoms with E-state index in [0.29, 0.717) is 55.6 Å². The van der Waals surface area contributed by atoms with Gasteiger partial charge in [-0.3, -0.25) is 4.98 Å². The van der Waals surface area contributed by atoms with E-state index in [1.54, 1.807) is 19.3 Å². The third-order valence-electron chi connectivity index (χ3n) is 4.91. The van der Waals surface area contributed by atoms with Gasteiger partial charge in [0.15, 0.2) is 5.82 Å². The van der Waals surface area contributed by atoms with E-state index in [9.17, 15) is 4.79 Å². The Hall–Kier alpha value is -3.32. The number of nitrogens with zero attached hydrogens (tertiary/aromatic N) is 4. The summed E-state index contributed by atoms with van der Waals surface area (Å²) in [6.45, 7) is 4.58. The van der Waals surface area contributed by atoms with Crippen molar-refractivity contribution >= 4 is 11.8 Å². The van der Waals surface area contributed by atoms with Crippen LogP contribution in [0.25, 0.3) is 11.4 Å². The summed E-state index contributed by atoms with van der Waals surface area (Å²) in [5.41, 5.74) is 3.00. The lowest BCUT2D eigenvalue weighted by molar-refractivity contribution is 0.0524. The van der Waals surface area contributed by atoms with Crippen molar-refractivity contribution in [3.05, 3.63) is 71.7 Å². The summed E-state index contributed by atoms with van der Waals surface area (Å²) in [5, 5.41) is 0. The molecule has 0 radical (unpaired) electrons. The molecule has 0 unspecified atom stereocenters. The van der Waals surface area contributed by atoms with Gasteiger partial charge in [-0.25, -0.2) is 14.8 Å². The molecule has 0 bridgehead atoms. The molecule has 30 heavy (non-hydrogen) atoms. The van der Waals surface area contributed by atoms with E-state index in [1.807, 2.05) is 42.5 Å². The number of ether oxygens (including phenoxy) is 2. The third-order valence-corrected chi connectivity index (χ3v) is 4.91. The Morgan fingerprint density at radius 3 is 2.50 bits per heavy atom. The number of carbonyl (C=O) groups is 1. The normalized spacial score (nSPS) is 13.8. The van der Waals surface area contributed by atoms with E-state index in [1.165, 1.54) is 0 Å². The van der Waals surface area contributed by atoms with Crippen molar-refractivity contribution in [2.24, 2.45) is 0 Å². The zero-order valence-corrected chi connectivity index (χ0v) is 17.0. The number of hydrogen-bond acceptors (Lipinski definition) is 7. The molecule has 154 valence electrons. The quantitative estimate of drug-likeness (QED) is 0.584. The minimum absolute atomic E-state index is 0.290. The van der Waals surface area contributed by atoms with Crippen LogP contribution in [0.3, 0.4) is 0 Å². The Morgan fingerprint density at radius 1 is 1.07 bits per heavy atom. The highest BCUT2D eigenvalue weighted by molar-refractivity contribution is 5.96. The Balaban J connectivity index is 1.88. The van der Waals surface area contributed by atoms with E-state index in [0.717, 1.165) is 11.1 Å². The molecule has 7 heteroatoms. The predicted octanol–water partition coefficient (Wildman–Crippen LogP) is 3.14. The molecule has 1 aliphatic rings. The second kappa shape index (κ2) is 9.45. The first-order valence-electron chi connectivity index (χ1n) is 10.1. The largest absolute Gasteiger partial charge is 0.462 e. The van der Waals surface area contributed by atoms with Crippen molar-refractivity contribution in [2.75, 3.05) is 37.8 Å². The summed E-state index contributed by atoms with van der Waals surface area (Å²) in [5.74, 6) is 0.772. The Labute approximate surface area is 175 Å². The average Bonchev–Trinajstić information content (AvgIpc) is 2.80. The lowest BCUT2D eigenvalue weighted by atomic mass is 10.0. The molecule has 1 saturated heterocycles. The van der Waals surface area contributed by atoms with Crippen LogP contribution in [0.5, 0.6) is 0 Å². The summed E-state index contributed by atoms with van der Waals surface area (Å²) < 4.78 is 10.9. The number of morpholine rings is 1. The summed E-state index contributed by atoms with van der Waals surface area (Å²) in [4.78, 5) is 28.8. The third kappa shape index (κ3) is 4.46. The van der Waals surface area contributed by atoms with Gasteiger partial charge in [-0.05, 0) is 24.6 Å². The molecule has 1 aliphatic heterocycles. The minimum Gasteiger partial charge on any atom is -0.462 e. The molecule has 0 saturated carbocycles. The SMILES string of the molecule is CCOC(=O)c1c(Cc2ccccc2)nc(-c2ccncc2)nc1N1CCOCC1. The van der Waals surface area contributed by atoms with Crippen molar-refractivity contribution in [3.8, 4) is 11.4 Å². The number of benzene rings is 1. The fourth-order valence-corrected chi connectivity index (χ4v) is 3.46. The minimum atomic E-state index is -0.397. The van der Waals surface area contributed by atoms with Gasteiger partial charge in [-0.1, -0.05) is 30.3 Å². The van der Waals surface area contributed by atoms with Crippen molar-refractivity contribution in [1.29, 1.82) is 0 Å². The summed E-state index contributed by atoms with van der Waals surface area (Å²) >= 11 is 0. The van der Waals surface area contributed by atoms with Gasteiger partial charge in [-0.15, -0.1) is 0 Å². The average molecular weight is 404 g/mol. The van der Waals surface area contributed by atoms with E-state index < -0.39 is 5.97 Å². The molecule has 0 amide bonds. The van der Waals surface area contributed by atoms with Crippen molar-refractivity contribution in [1.82, 2.24) is 15.0 Å². The maximum atomic E-state index is 13.0. The first-order valence-corrected chi connectivity index (χ1v) is 10.1. The van der Waals surface area contributed by atoms with Crippen molar-refractivity contribution in [3.63, 3.8) is 0 Å². The van der Waals surface area contributed by atoms with Crippen molar-refractivity contribution in [2.45, 2.75) is 13.3 Å². The monoisotopic (exact) mass is 404 g/mol. The van der Waals surface area contributed by atoms with Gasteiger partial charge in [0.05, 0.1) is 25.5 Å². The lowest BCUT2D eigenvalue weighted by Crippen LogP contribution is -2.38. The molecule has 0 spiro atoms. The lowest BCUT2D eigenvalue weighted by Gasteiger charge is -2.30. The predicted molar refractivity (Wildman–Crippen MR) is 113 cm³/mol. The second-order valence-electron chi connectivity index (χ2n) is 6.91. The molecule has 3 aromatic rings. The fraction of sp³-hybridized carbons (Fsp3) is 0.304. The van der Waals surface area contributed by atoms with Gasteiger partial charge in [-0.2, -0.15) is 0 Å². The summed E-state index contributed by atoms with van der Waals surface area (Å²) in [7, 11) is 0.